The van der Waals surface area contributed by atoms with Gasteiger partial charge in [0.2, 0.25) is 0 Å². The summed E-state index contributed by atoms with van der Waals surface area (Å²) in [4.78, 5) is 9.87. The summed E-state index contributed by atoms with van der Waals surface area (Å²) in [6.45, 7) is 2.06. The number of aliphatic carboxylic acids is 1. The second kappa shape index (κ2) is 11.1. The zero-order chi connectivity index (χ0) is 9.98. The molecule has 0 aliphatic heterocycles. The van der Waals surface area contributed by atoms with E-state index in [0.29, 0.717) is 6.42 Å². The van der Waals surface area contributed by atoms with Gasteiger partial charge in [-0.1, -0.05) is 19.8 Å². The Morgan fingerprint density at radius 1 is 1.25 bits per heavy atom. The molecule has 0 saturated carbocycles. The third-order valence-corrected chi connectivity index (χ3v) is 0.994. The van der Waals surface area contributed by atoms with Crippen molar-refractivity contribution in [3.8, 4) is 0 Å². The number of carbonyl (C=O) groups is 1. The zero-order valence-corrected chi connectivity index (χ0v) is 11.9. The van der Waals surface area contributed by atoms with E-state index in [1.165, 1.54) is 0 Å². The molecule has 2 nitrogen and oxygen atoms in total. The van der Waals surface area contributed by atoms with E-state index in [-0.39, 0.29) is 0 Å². The van der Waals surface area contributed by atoms with Crippen molar-refractivity contribution in [2.75, 3.05) is 0 Å². The summed E-state index contributed by atoms with van der Waals surface area (Å²) in [5.41, 5.74) is 7.12. The standard InChI is InChI=1S/C6H12O2.3CH3.Zn/c1-2-3-4-5-6(7)8;;;;/h2-5H2,1H3,(H,7,8);3*1H3;. The van der Waals surface area contributed by atoms with Crippen LogP contribution in [0.1, 0.15) is 32.6 Å². The first kappa shape index (κ1) is 14.6. The molecule has 0 rings (SSSR count). The van der Waals surface area contributed by atoms with E-state index >= 15 is 0 Å². The van der Waals surface area contributed by atoms with Gasteiger partial charge in [0.25, 0.3) is 0 Å². The van der Waals surface area contributed by atoms with Crippen molar-refractivity contribution >= 4 is 5.97 Å². The Kier molecular flexibility index (Phi) is 13.5. The average molecular weight is 227 g/mol. The average Bonchev–Trinajstić information content (AvgIpc) is 1.86. The quantitative estimate of drug-likeness (QED) is 0.589. The molecule has 12 heavy (non-hydrogen) atoms. The van der Waals surface area contributed by atoms with Crippen LogP contribution in [0.2, 0.25) is 16.6 Å². The molecule has 0 aliphatic rings. The summed E-state index contributed by atoms with van der Waals surface area (Å²) in [5, 5.41) is 8.14. The van der Waals surface area contributed by atoms with E-state index in [0.717, 1.165) is 19.3 Å². The van der Waals surface area contributed by atoms with E-state index in [9.17, 15) is 4.79 Å². The number of carboxylic acid groups (broad SMARTS) is 1. The fourth-order valence-electron chi connectivity index (χ4n) is 0.526. The van der Waals surface area contributed by atoms with Gasteiger partial charge in [0.05, 0.1) is 0 Å². The SMILES string of the molecule is CCCCCC(=O)O.[CH3][Zn]([CH3])[CH3]. The molecule has 0 amide bonds. The van der Waals surface area contributed by atoms with E-state index < -0.39 is 21.9 Å². The summed E-state index contributed by atoms with van der Waals surface area (Å²) >= 11 is -0.625. The minimum absolute atomic E-state index is 0.327. The van der Waals surface area contributed by atoms with Crippen LogP contribution >= 0.6 is 0 Å². The van der Waals surface area contributed by atoms with Crippen molar-refractivity contribution in [2.45, 2.75) is 49.2 Å². The monoisotopic (exact) mass is 225 g/mol. The van der Waals surface area contributed by atoms with Crippen molar-refractivity contribution < 1.29 is 25.9 Å². The summed E-state index contributed by atoms with van der Waals surface area (Å²) in [7, 11) is 0. The van der Waals surface area contributed by atoms with Crippen LogP contribution in [0.4, 0.5) is 0 Å². The van der Waals surface area contributed by atoms with Crippen LogP contribution < -0.4 is 0 Å². The Hall–Kier alpha value is 0.0934. The molecule has 71 valence electrons. The fourth-order valence-corrected chi connectivity index (χ4v) is 0.526. The Labute approximate surface area is 81.3 Å². The Bertz CT molecular complexity index is 99.9. The van der Waals surface area contributed by atoms with Crippen LogP contribution in [0.3, 0.4) is 0 Å². The number of rotatable bonds is 4. The molecule has 1 N–H and O–H groups in total. The molecule has 0 aromatic carbocycles. The van der Waals surface area contributed by atoms with Gasteiger partial charge in [-0.15, -0.1) is 0 Å². The van der Waals surface area contributed by atoms with Gasteiger partial charge in [-0.2, -0.15) is 0 Å². The first-order valence-electron chi connectivity index (χ1n) is 5.11. The van der Waals surface area contributed by atoms with Crippen LogP contribution in [-0.2, 0) is 20.7 Å². The van der Waals surface area contributed by atoms with Gasteiger partial charge >= 0.3 is 38.5 Å². The van der Waals surface area contributed by atoms with Crippen LogP contribution in [0, 0.1) is 0 Å². The third-order valence-electron chi connectivity index (χ3n) is 0.994. The van der Waals surface area contributed by atoms with Gasteiger partial charge in [0.1, 0.15) is 0 Å². The van der Waals surface area contributed by atoms with Gasteiger partial charge in [0, 0.05) is 6.42 Å². The molecule has 0 radical (unpaired) electrons. The first-order chi connectivity index (χ1) is 5.50. The van der Waals surface area contributed by atoms with E-state index in [1.807, 2.05) is 0 Å². The fraction of sp³-hybridized carbons (Fsp3) is 0.889. The van der Waals surface area contributed by atoms with Crippen LogP contribution in [-0.4, -0.2) is 11.1 Å². The minimum atomic E-state index is -0.682. The Balaban J connectivity index is 0. The summed E-state index contributed by atoms with van der Waals surface area (Å²) in [5.74, 6) is -0.682. The van der Waals surface area contributed by atoms with Gasteiger partial charge in [-0.05, 0) is 6.42 Å². The molecule has 0 fully saturated rings. The summed E-state index contributed by atoms with van der Waals surface area (Å²) < 4.78 is 0. The first-order valence-corrected chi connectivity index (χ1v) is 14.0. The van der Waals surface area contributed by atoms with Crippen LogP contribution in [0.15, 0.2) is 0 Å². The zero-order valence-electron chi connectivity index (χ0n) is 8.89. The molecule has 0 aliphatic carbocycles. The molecular formula is C9H21O2Zn. The maximum atomic E-state index is 9.87. The number of hydrogen-bond acceptors (Lipinski definition) is 1. The molecular weight excluding hydrogens is 205 g/mol. The molecule has 0 aromatic heterocycles. The summed E-state index contributed by atoms with van der Waals surface area (Å²) in [6, 6.07) is 0. The second-order valence-electron chi connectivity index (χ2n) is 3.97. The second-order valence-corrected chi connectivity index (χ2v) is 12.9. The molecule has 0 bridgehead atoms. The van der Waals surface area contributed by atoms with Gasteiger partial charge in [-0.3, -0.25) is 4.79 Å². The number of unbranched alkanes of at least 4 members (excludes halogenated alkanes) is 2. The van der Waals surface area contributed by atoms with Gasteiger partial charge in [0.15, 0.2) is 0 Å². The predicted octanol–water partition coefficient (Wildman–Crippen LogP) is 3.40. The number of hydrogen-bond donors (Lipinski definition) is 1. The van der Waals surface area contributed by atoms with Crippen LogP contribution in [0.5, 0.6) is 0 Å². The van der Waals surface area contributed by atoms with Crippen molar-refractivity contribution in [2.24, 2.45) is 0 Å². The Morgan fingerprint density at radius 3 is 1.92 bits per heavy atom. The van der Waals surface area contributed by atoms with E-state index in [4.69, 9.17) is 5.11 Å². The van der Waals surface area contributed by atoms with E-state index in [1.54, 1.807) is 0 Å². The maximum absolute atomic E-state index is 9.87. The molecule has 0 atom stereocenters. The normalized spacial score (nSPS) is 8.33. The van der Waals surface area contributed by atoms with Crippen molar-refractivity contribution in [1.29, 1.82) is 0 Å². The molecule has 0 heterocycles. The number of carboxylic acids is 1. The van der Waals surface area contributed by atoms with Crippen LogP contribution in [0.25, 0.3) is 0 Å². The van der Waals surface area contributed by atoms with Crippen molar-refractivity contribution in [3.63, 3.8) is 0 Å². The van der Waals surface area contributed by atoms with Gasteiger partial charge < -0.3 is 5.11 Å². The molecule has 0 unspecified atom stereocenters. The topological polar surface area (TPSA) is 37.3 Å². The van der Waals surface area contributed by atoms with Gasteiger partial charge in [-0.25, -0.2) is 0 Å². The third kappa shape index (κ3) is 32.2. The van der Waals surface area contributed by atoms with Crippen molar-refractivity contribution in [3.05, 3.63) is 0 Å². The van der Waals surface area contributed by atoms with Crippen molar-refractivity contribution in [1.82, 2.24) is 0 Å². The summed E-state index contributed by atoms with van der Waals surface area (Å²) in [6.07, 6.45) is 3.28. The Morgan fingerprint density at radius 2 is 1.67 bits per heavy atom. The molecule has 0 aromatic rings. The molecule has 0 spiro atoms. The van der Waals surface area contributed by atoms with E-state index in [2.05, 4.69) is 23.5 Å². The molecule has 3 heteroatoms. The molecule has 0 saturated heterocycles. The predicted molar refractivity (Wildman–Crippen MR) is 49.4 cm³/mol.